The van der Waals surface area contributed by atoms with Gasteiger partial charge >= 0.3 is 0 Å². The molecule has 1 aromatic rings. The average Bonchev–Trinajstić information content (AvgIpc) is 3.08. The van der Waals surface area contributed by atoms with Crippen LogP contribution in [0.25, 0.3) is 0 Å². The van der Waals surface area contributed by atoms with Gasteiger partial charge in [0.25, 0.3) is 0 Å². The van der Waals surface area contributed by atoms with E-state index in [1.54, 1.807) is 4.90 Å². The number of carbonyl (C=O) groups is 2. The van der Waals surface area contributed by atoms with Gasteiger partial charge in [0.1, 0.15) is 19.1 Å². The van der Waals surface area contributed by atoms with Crippen molar-refractivity contribution in [2.24, 2.45) is 17.6 Å². The molecule has 146 valence electrons. The van der Waals surface area contributed by atoms with Crippen molar-refractivity contribution in [3.8, 4) is 11.5 Å². The van der Waals surface area contributed by atoms with E-state index in [9.17, 15) is 9.59 Å². The van der Waals surface area contributed by atoms with Crippen LogP contribution in [0.5, 0.6) is 11.5 Å². The van der Waals surface area contributed by atoms with Crippen LogP contribution in [0, 0.1) is 11.8 Å². The van der Waals surface area contributed by atoms with Crippen molar-refractivity contribution >= 4 is 17.5 Å². The smallest absolute Gasteiger partial charge is 0.239 e. The van der Waals surface area contributed by atoms with Crippen molar-refractivity contribution in [2.45, 2.75) is 32.2 Å². The number of nitrogens with zero attached hydrogens (tertiary/aromatic N) is 2. The zero-order valence-electron chi connectivity index (χ0n) is 15.7. The van der Waals surface area contributed by atoms with Gasteiger partial charge in [-0.2, -0.15) is 0 Å². The van der Waals surface area contributed by atoms with Gasteiger partial charge in [-0.3, -0.25) is 9.59 Å². The third kappa shape index (κ3) is 3.36. The van der Waals surface area contributed by atoms with Crippen molar-refractivity contribution in [3.05, 3.63) is 18.2 Å². The van der Waals surface area contributed by atoms with Crippen molar-refractivity contribution in [2.75, 3.05) is 37.7 Å². The second kappa shape index (κ2) is 7.38. The summed E-state index contributed by atoms with van der Waals surface area (Å²) in [6, 6.07) is 5.54. The molecule has 3 atom stereocenters. The fourth-order valence-corrected chi connectivity index (χ4v) is 4.33. The first-order chi connectivity index (χ1) is 13.1. The molecule has 0 saturated carbocycles. The van der Waals surface area contributed by atoms with Gasteiger partial charge in [-0.1, -0.05) is 6.92 Å². The summed E-state index contributed by atoms with van der Waals surface area (Å²) in [6.45, 7) is 4.89. The largest absolute Gasteiger partial charge is 0.486 e. The van der Waals surface area contributed by atoms with Gasteiger partial charge in [0.15, 0.2) is 11.5 Å². The van der Waals surface area contributed by atoms with Gasteiger partial charge in [-0.05, 0) is 37.3 Å². The van der Waals surface area contributed by atoms with E-state index in [1.165, 1.54) is 0 Å². The summed E-state index contributed by atoms with van der Waals surface area (Å²) in [7, 11) is 0. The molecule has 2 saturated heterocycles. The standard InChI is InChI=1S/C20H27N3O4/c1-13-4-6-23(15(10-13)12-21)20(25)16-5-7-22(19(16)24)14-2-3-17-18(11-14)27-9-8-26-17/h2-3,11,13,15-16H,4-10,12,21H2,1H3. The molecule has 4 rings (SSSR count). The van der Waals surface area contributed by atoms with Crippen molar-refractivity contribution in [1.82, 2.24) is 4.90 Å². The van der Waals surface area contributed by atoms with Crippen LogP contribution in [0.1, 0.15) is 26.2 Å². The summed E-state index contributed by atoms with van der Waals surface area (Å²) in [5.74, 6) is 1.09. The van der Waals surface area contributed by atoms with Gasteiger partial charge in [-0.25, -0.2) is 0 Å². The minimum atomic E-state index is -0.611. The van der Waals surface area contributed by atoms with Gasteiger partial charge < -0.3 is 25.0 Å². The fraction of sp³-hybridized carbons (Fsp3) is 0.600. The number of amides is 2. The van der Waals surface area contributed by atoms with Crippen molar-refractivity contribution < 1.29 is 19.1 Å². The lowest BCUT2D eigenvalue weighted by atomic mass is 9.91. The molecule has 27 heavy (non-hydrogen) atoms. The Morgan fingerprint density at radius 1 is 1.19 bits per heavy atom. The Kier molecular flexibility index (Phi) is 4.95. The number of benzene rings is 1. The zero-order valence-corrected chi connectivity index (χ0v) is 15.7. The Morgan fingerprint density at radius 2 is 1.96 bits per heavy atom. The molecule has 3 heterocycles. The fourth-order valence-electron chi connectivity index (χ4n) is 4.33. The number of ether oxygens (including phenoxy) is 2. The third-order valence-electron chi connectivity index (χ3n) is 5.87. The molecule has 0 spiro atoms. The van der Waals surface area contributed by atoms with Crippen LogP contribution >= 0.6 is 0 Å². The van der Waals surface area contributed by atoms with Gasteiger partial charge in [0.05, 0.1) is 0 Å². The summed E-state index contributed by atoms with van der Waals surface area (Å²) in [5, 5.41) is 0. The van der Waals surface area contributed by atoms with E-state index < -0.39 is 5.92 Å². The maximum absolute atomic E-state index is 13.1. The molecule has 0 bridgehead atoms. The molecule has 1 aromatic carbocycles. The Hall–Kier alpha value is -2.28. The highest BCUT2D eigenvalue weighted by Gasteiger charge is 2.42. The number of piperidine rings is 1. The lowest BCUT2D eigenvalue weighted by Crippen LogP contribution is -2.52. The number of fused-ring (bicyclic) bond motifs is 1. The predicted molar refractivity (Wildman–Crippen MR) is 101 cm³/mol. The molecule has 3 unspecified atom stereocenters. The Labute approximate surface area is 159 Å². The summed E-state index contributed by atoms with van der Waals surface area (Å²) in [6.07, 6.45) is 2.42. The lowest BCUT2D eigenvalue weighted by Gasteiger charge is -2.39. The van der Waals surface area contributed by atoms with Crippen LogP contribution in [0.15, 0.2) is 18.2 Å². The molecule has 0 radical (unpaired) electrons. The molecule has 3 aliphatic rings. The van der Waals surface area contributed by atoms with E-state index in [2.05, 4.69) is 6.92 Å². The maximum Gasteiger partial charge on any atom is 0.239 e. The second-order valence-electron chi connectivity index (χ2n) is 7.71. The number of anilines is 1. The SMILES string of the molecule is CC1CCN(C(=O)C2CCN(c3ccc4c(c3)OCCO4)C2=O)C(CN)C1. The first-order valence-corrected chi connectivity index (χ1v) is 9.80. The maximum atomic E-state index is 13.1. The summed E-state index contributed by atoms with van der Waals surface area (Å²) < 4.78 is 11.2. The molecular weight excluding hydrogens is 346 g/mol. The minimum Gasteiger partial charge on any atom is -0.486 e. The molecule has 0 aliphatic carbocycles. The summed E-state index contributed by atoms with van der Waals surface area (Å²) >= 11 is 0. The monoisotopic (exact) mass is 373 g/mol. The number of hydrogen-bond acceptors (Lipinski definition) is 5. The number of likely N-dealkylation sites (tertiary alicyclic amines) is 1. The van der Waals surface area contributed by atoms with E-state index in [0.29, 0.717) is 56.7 Å². The van der Waals surface area contributed by atoms with Crippen LogP contribution in [0.3, 0.4) is 0 Å². The summed E-state index contributed by atoms with van der Waals surface area (Å²) in [5.41, 5.74) is 6.65. The van der Waals surface area contributed by atoms with Crippen LogP contribution in [-0.4, -0.2) is 55.6 Å². The van der Waals surface area contributed by atoms with E-state index in [4.69, 9.17) is 15.2 Å². The Balaban J connectivity index is 1.49. The topological polar surface area (TPSA) is 85.1 Å². The van der Waals surface area contributed by atoms with Crippen LogP contribution in [-0.2, 0) is 9.59 Å². The third-order valence-corrected chi connectivity index (χ3v) is 5.87. The van der Waals surface area contributed by atoms with Crippen molar-refractivity contribution in [1.29, 1.82) is 0 Å². The molecule has 7 heteroatoms. The average molecular weight is 373 g/mol. The Morgan fingerprint density at radius 3 is 2.74 bits per heavy atom. The first kappa shape index (κ1) is 18.1. The highest BCUT2D eigenvalue weighted by Crippen LogP contribution is 2.36. The second-order valence-corrected chi connectivity index (χ2v) is 7.71. The number of rotatable bonds is 3. The highest BCUT2D eigenvalue weighted by atomic mass is 16.6. The zero-order chi connectivity index (χ0) is 19.0. The van der Waals surface area contributed by atoms with Gasteiger partial charge in [0.2, 0.25) is 11.8 Å². The van der Waals surface area contributed by atoms with Gasteiger partial charge in [0, 0.05) is 37.4 Å². The molecule has 2 N–H and O–H groups in total. The number of nitrogens with two attached hydrogens (primary N) is 1. The van der Waals surface area contributed by atoms with E-state index in [1.807, 2.05) is 23.1 Å². The van der Waals surface area contributed by atoms with E-state index >= 15 is 0 Å². The number of carbonyl (C=O) groups excluding carboxylic acids is 2. The first-order valence-electron chi connectivity index (χ1n) is 9.80. The van der Waals surface area contributed by atoms with Crippen LogP contribution in [0.2, 0.25) is 0 Å². The molecule has 0 aromatic heterocycles. The molecule has 2 amide bonds. The molecular formula is C20H27N3O4. The molecule has 2 fully saturated rings. The molecule has 3 aliphatic heterocycles. The van der Waals surface area contributed by atoms with E-state index in [0.717, 1.165) is 18.5 Å². The van der Waals surface area contributed by atoms with Crippen LogP contribution < -0.4 is 20.1 Å². The van der Waals surface area contributed by atoms with E-state index in [-0.39, 0.29) is 17.9 Å². The summed E-state index contributed by atoms with van der Waals surface area (Å²) in [4.78, 5) is 29.6. The van der Waals surface area contributed by atoms with Crippen LogP contribution in [0.4, 0.5) is 5.69 Å². The Bertz CT molecular complexity index is 738. The number of hydrogen-bond donors (Lipinski definition) is 1. The normalized spacial score (nSPS) is 27.8. The molecule has 7 nitrogen and oxygen atoms in total. The minimum absolute atomic E-state index is 0.0393. The van der Waals surface area contributed by atoms with Crippen molar-refractivity contribution in [3.63, 3.8) is 0 Å². The van der Waals surface area contributed by atoms with Gasteiger partial charge in [-0.15, -0.1) is 0 Å². The predicted octanol–water partition coefficient (Wildman–Crippen LogP) is 1.40. The highest BCUT2D eigenvalue weighted by molar-refractivity contribution is 6.09. The lowest BCUT2D eigenvalue weighted by molar-refractivity contribution is -0.143. The quantitative estimate of drug-likeness (QED) is 0.810.